The van der Waals surface area contributed by atoms with Gasteiger partial charge in [0.05, 0.1) is 17.8 Å². The molecule has 5 aromatic rings. The molecule has 3 aromatic heterocycles. The summed E-state index contributed by atoms with van der Waals surface area (Å²) in [6.45, 7) is 7.56. The van der Waals surface area contributed by atoms with Crippen molar-refractivity contribution in [2.75, 3.05) is 36.5 Å². The van der Waals surface area contributed by atoms with Crippen molar-refractivity contribution in [1.29, 1.82) is 0 Å². The van der Waals surface area contributed by atoms with Gasteiger partial charge in [-0.25, -0.2) is 4.98 Å². The van der Waals surface area contributed by atoms with Gasteiger partial charge in [-0.2, -0.15) is 9.97 Å². The minimum absolute atomic E-state index is 0.148. The predicted molar refractivity (Wildman–Crippen MR) is 172 cm³/mol. The molecule has 3 aliphatic rings. The molecule has 43 heavy (non-hydrogen) atoms. The number of anilines is 2. The summed E-state index contributed by atoms with van der Waals surface area (Å²) in [7, 11) is 0. The van der Waals surface area contributed by atoms with Crippen molar-refractivity contribution in [2.45, 2.75) is 64.1 Å². The number of ether oxygens (including phenoxy) is 1. The largest absolute Gasteiger partial charge is 0.461 e. The number of fused-ring (bicyclic) bond motifs is 4. The fraction of sp³-hybridized carbons (Fsp3) is 0.400. The number of nitrogens with zero attached hydrogens (tertiary/aromatic N) is 5. The molecule has 3 aliphatic heterocycles. The van der Waals surface area contributed by atoms with Gasteiger partial charge in [0.2, 0.25) is 0 Å². The van der Waals surface area contributed by atoms with Crippen LogP contribution < -0.4 is 15.0 Å². The van der Waals surface area contributed by atoms with Crippen LogP contribution in [0.25, 0.3) is 21.8 Å². The summed E-state index contributed by atoms with van der Waals surface area (Å²) in [5.74, 6) is 0.886. The summed E-state index contributed by atoms with van der Waals surface area (Å²) in [5.41, 5.74) is 7.14. The van der Waals surface area contributed by atoms with Gasteiger partial charge in [0, 0.05) is 47.5 Å². The maximum atomic E-state index is 6.52. The van der Waals surface area contributed by atoms with Crippen LogP contribution in [-0.2, 0) is 25.9 Å². The number of aromatic nitrogens is 4. The Morgan fingerprint density at radius 3 is 2.70 bits per heavy atom. The van der Waals surface area contributed by atoms with Crippen molar-refractivity contribution in [2.24, 2.45) is 0 Å². The number of H-pyrrole nitrogens is 1. The lowest BCUT2D eigenvalue weighted by molar-refractivity contribution is 0.107. The molecule has 8 rings (SSSR count). The number of nitrogens with one attached hydrogen (secondary N) is 2. The van der Waals surface area contributed by atoms with Crippen molar-refractivity contribution in [3.8, 4) is 6.01 Å². The molecule has 0 unspecified atom stereocenters. The van der Waals surface area contributed by atoms with Gasteiger partial charge in [-0.1, -0.05) is 37.3 Å². The molecule has 6 heterocycles. The van der Waals surface area contributed by atoms with E-state index in [9.17, 15) is 0 Å². The van der Waals surface area contributed by atoms with Crippen LogP contribution in [0.5, 0.6) is 6.01 Å². The highest BCUT2D eigenvalue weighted by molar-refractivity contribution is 5.97. The number of hydrogen-bond acceptors (Lipinski definition) is 7. The van der Waals surface area contributed by atoms with Crippen molar-refractivity contribution < 1.29 is 4.74 Å². The average molecular weight is 574 g/mol. The van der Waals surface area contributed by atoms with Crippen molar-refractivity contribution in [1.82, 2.24) is 24.8 Å². The third-order valence-electron chi connectivity index (χ3n) is 10.00. The van der Waals surface area contributed by atoms with E-state index in [0.29, 0.717) is 19.2 Å². The normalized spacial score (nSPS) is 17.8. The van der Waals surface area contributed by atoms with E-state index in [2.05, 4.69) is 74.5 Å². The van der Waals surface area contributed by atoms with Gasteiger partial charge in [-0.3, -0.25) is 4.90 Å². The molecule has 0 spiro atoms. The Morgan fingerprint density at radius 1 is 0.977 bits per heavy atom. The molecule has 2 fully saturated rings. The van der Waals surface area contributed by atoms with Crippen LogP contribution in [0.1, 0.15) is 55.0 Å². The van der Waals surface area contributed by atoms with E-state index < -0.39 is 0 Å². The Morgan fingerprint density at radius 2 is 1.84 bits per heavy atom. The molecule has 0 aliphatic carbocycles. The van der Waals surface area contributed by atoms with E-state index in [0.717, 1.165) is 48.5 Å². The van der Waals surface area contributed by atoms with E-state index >= 15 is 0 Å². The number of hydrogen-bond donors (Lipinski definition) is 2. The maximum Gasteiger partial charge on any atom is 0.318 e. The number of benzene rings is 2. The van der Waals surface area contributed by atoms with Crippen molar-refractivity contribution >= 4 is 33.3 Å². The lowest BCUT2D eigenvalue weighted by Crippen LogP contribution is -2.43. The van der Waals surface area contributed by atoms with Gasteiger partial charge in [-0.15, -0.1) is 0 Å². The van der Waals surface area contributed by atoms with Crippen molar-refractivity contribution in [3.05, 3.63) is 83.3 Å². The first-order chi connectivity index (χ1) is 21.2. The van der Waals surface area contributed by atoms with Crippen molar-refractivity contribution in [3.63, 3.8) is 0 Å². The summed E-state index contributed by atoms with van der Waals surface area (Å²) in [5, 5.41) is 7.45. The van der Waals surface area contributed by atoms with Gasteiger partial charge in [0.1, 0.15) is 18.1 Å². The first-order valence-electron chi connectivity index (χ1n) is 15.9. The van der Waals surface area contributed by atoms with Gasteiger partial charge in [-0.05, 0) is 86.3 Å². The Bertz CT molecular complexity index is 1780. The van der Waals surface area contributed by atoms with E-state index in [1.54, 1.807) is 0 Å². The van der Waals surface area contributed by atoms with Crippen LogP contribution >= 0.6 is 0 Å². The second kappa shape index (κ2) is 10.8. The Kier molecular flexibility index (Phi) is 6.66. The fourth-order valence-corrected chi connectivity index (χ4v) is 7.78. The summed E-state index contributed by atoms with van der Waals surface area (Å²) in [4.78, 5) is 23.0. The first-order valence-corrected chi connectivity index (χ1v) is 15.9. The molecule has 8 heteroatoms. The van der Waals surface area contributed by atoms with Gasteiger partial charge < -0.3 is 19.9 Å². The topological polar surface area (TPSA) is 82.2 Å². The van der Waals surface area contributed by atoms with Gasteiger partial charge >= 0.3 is 6.01 Å². The summed E-state index contributed by atoms with van der Waals surface area (Å²) in [6, 6.07) is 17.9. The van der Waals surface area contributed by atoms with Crippen LogP contribution in [0.2, 0.25) is 0 Å². The van der Waals surface area contributed by atoms with Crippen LogP contribution in [0, 0.1) is 0 Å². The number of rotatable bonds is 8. The first kappa shape index (κ1) is 26.5. The van der Waals surface area contributed by atoms with E-state index in [1.165, 1.54) is 71.9 Å². The zero-order valence-electron chi connectivity index (χ0n) is 24.9. The van der Waals surface area contributed by atoms with Crippen LogP contribution in [-0.4, -0.2) is 56.6 Å². The van der Waals surface area contributed by atoms with Gasteiger partial charge in [0.25, 0.3) is 0 Å². The molecule has 220 valence electrons. The second-order valence-corrected chi connectivity index (χ2v) is 12.4. The highest BCUT2D eigenvalue weighted by Gasteiger charge is 2.45. The zero-order chi connectivity index (χ0) is 28.8. The lowest BCUT2D eigenvalue weighted by Gasteiger charge is -2.33. The maximum absolute atomic E-state index is 6.52. The highest BCUT2D eigenvalue weighted by Crippen LogP contribution is 2.40. The molecule has 2 N–H and O–H groups in total. The smallest absolute Gasteiger partial charge is 0.318 e. The minimum atomic E-state index is 0.148. The summed E-state index contributed by atoms with van der Waals surface area (Å²) >= 11 is 0. The molecule has 0 saturated carbocycles. The Hall–Kier alpha value is -4.17. The summed E-state index contributed by atoms with van der Waals surface area (Å²) in [6.07, 6.45) is 10.6. The average Bonchev–Trinajstić information content (AvgIpc) is 3.76. The molecular weight excluding hydrogens is 534 g/mol. The highest BCUT2D eigenvalue weighted by atomic mass is 16.5. The van der Waals surface area contributed by atoms with Gasteiger partial charge in [0.15, 0.2) is 0 Å². The van der Waals surface area contributed by atoms with Crippen LogP contribution in [0.3, 0.4) is 0 Å². The number of aromatic amines is 1. The van der Waals surface area contributed by atoms with E-state index in [4.69, 9.17) is 14.7 Å². The standard InChI is InChI=1S/C35H39N7O/c1-2-24-8-3-9-25-10-4-12-30(31(24)25)41-19-13-28-29(22-41)39-34(43-23-35-14-6-17-42(35)18-7-15-35)40-33(28)38-21-26-20-37-32-27(26)11-5-16-36-32/h3-5,8-12,16,20H,2,6-7,13-15,17-19,21-23H2,1H3,(H,36,37)(H,38,39,40). The number of pyridine rings is 1. The van der Waals surface area contributed by atoms with E-state index in [-0.39, 0.29) is 5.54 Å². The van der Waals surface area contributed by atoms with E-state index in [1.807, 2.05) is 18.5 Å². The molecule has 8 nitrogen and oxygen atoms in total. The molecule has 2 saturated heterocycles. The third-order valence-corrected chi connectivity index (χ3v) is 10.00. The Labute approximate surface area is 252 Å². The monoisotopic (exact) mass is 573 g/mol. The third kappa shape index (κ3) is 4.68. The predicted octanol–water partition coefficient (Wildman–Crippen LogP) is 6.25. The zero-order valence-corrected chi connectivity index (χ0v) is 24.9. The lowest BCUT2D eigenvalue weighted by atomic mass is 9.95. The molecule has 0 radical (unpaired) electrons. The minimum Gasteiger partial charge on any atom is -0.461 e. The SMILES string of the molecule is CCc1cccc2cccc(N3CCc4c(nc(OCC56CCCN5CCC6)nc4NCc4c[nH]c5ncccc45)C3)c12. The molecule has 0 atom stereocenters. The molecule has 0 bridgehead atoms. The Balaban J connectivity index is 1.13. The number of aryl methyl sites for hydroxylation is 1. The van der Waals surface area contributed by atoms with Crippen LogP contribution in [0.15, 0.2) is 60.9 Å². The summed E-state index contributed by atoms with van der Waals surface area (Å²) < 4.78 is 6.52. The quantitative estimate of drug-likeness (QED) is 0.227. The molecular formula is C35H39N7O. The molecule has 0 amide bonds. The molecule has 2 aromatic carbocycles. The fourth-order valence-electron chi connectivity index (χ4n) is 7.78. The van der Waals surface area contributed by atoms with Crippen LogP contribution in [0.4, 0.5) is 11.5 Å². The second-order valence-electron chi connectivity index (χ2n) is 12.4.